The monoisotopic (exact) mass is 344 g/mol. The first-order valence-corrected chi connectivity index (χ1v) is 8.27. The summed E-state index contributed by atoms with van der Waals surface area (Å²) in [6, 6.07) is 1.84. The van der Waals surface area contributed by atoms with E-state index in [4.69, 9.17) is 0 Å². The van der Waals surface area contributed by atoms with E-state index in [9.17, 15) is 9.18 Å². The molecule has 0 saturated heterocycles. The molecule has 0 aliphatic heterocycles. The Kier molecular flexibility index (Phi) is 4.97. The van der Waals surface area contributed by atoms with Gasteiger partial charge in [-0.2, -0.15) is 0 Å². The number of anilines is 1. The highest BCUT2D eigenvalue weighted by Crippen LogP contribution is 2.25. The molecule has 3 heterocycles. The van der Waals surface area contributed by atoms with E-state index >= 15 is 0 Å². The number of rotatable bonds is 2. The lowest BCUT2D eigenvalue weighted by Gasteiger charge is -2.08. The number of hydrogen-bond donors (Lipinski definition) is 1. The zero-order chi connectivity index (χ0) is 17.8. The molecule has 7 nitrogen and oxygen atoms in total. The van der Waals surface area contributed by atoms with Gasteiger partial charge in [0.15, 0.2) is 11.5 Å². The van der Waals surface area contributed by atoms with E-state index in [2.05, 4.69) is 39.3 Å². The number of carbonyl (C=O) groups excluding carboxylic acids is 1. The Hall–Kier alpha value is -2.90. The van der Waals surface area contributed by atoms with Crippen LogP contribution in [0.5, 0.6) is 0 Å². The van der Waals surface area contributed by atoms with Crippen molar-refractivity contribution in [3.8, 4) is 0 Å². The smallest absolute Gasteiger partial charge is 0.261 e. The molecule has 3 aromatic rings. The molecule has 3 aromatic heterocycles. The molecule has 0 bridgehead atoms. The second-order valence-electron chi connectivity index (χ2n) is 5.79. The molecule has 25 heavy (non-hydrogen) atoms. The molecule has 132 valence electrons. The van der Waals surface area contributed by atoms with Crippen LogP contribution >= 0.6 is 0 Å². The van der Waals surface area contributed by atoms with Crippen LogP contribution in [-0.4, -0.2) is 30.5 Å². The van der Waals surface area contributed by atoms with E-state index in [-0.39, 0.29) is 13.3 Å². The van der Waals surface area contributed by atoms with Crippen LogP contribution in [0.3, 0.4) is 0 Å². The van der Waals surface area contributed by atoms with Gasteiger partial charge >= 0.3 is 0 Å². The molecular weight excluding hydrogens is 323 g/mol. The lowest BCUT2D eigenvalue weighted by molar-refractivity contribution is 0.102. The number of carbonyl (C=O) groups is 1. The maximum Gasteiger partial charge on any atom is 0.261 e. The van der Waals surface area contributed by atoms with E-state index in [1.54, 1.807) is 6.33 Å². The topological polar surface area (TPSA) is 85.1 Å². The molecule has 0 spiro atoms. The van der Waals surface area contributed by atoms with Crippen LogP contribution in [-0.2, 0) is 12.8 Å². The number of hydrogen-bond acceptors (Lipinski definition) is 5. The summed E-state index contributed by atoms with van der Waals surface area (Å²) in [5, 5.41) is 10.5. The number of halogens is 1. The molecule has 1 amide bonds. The largest absolute Gasteiger partial charge is 0.290 e. The summed E-state index contributed by atoms with van der Waals surface area (Å²) in [6.45, 7) is 4.25. The van der Waals surface area contributed by atoms with Crippen LogP contribution in [0, 0.1) is 5.82 Å². The fourth-order valence-electron chi connectivity index (χ4n) is 2.75. The third kappa shape index (κ3) is 3.47. The van der Waals surface area contributed by atoms with E-state index in [1.165, 1.54) is 6.42 Å². The van der Waals surface area contributed by atoms with Crippen LogP contribution < -0.4 is 5.32 Å². The van der Waals surface area contributed by atoms with Gasteiger partial charge in [-0.05, 0) is 30.9 Å². The van der Waals surface area contributed by atoms with Crippen LogP contribution in [0.25, 0.3) is 5.65 Å². The van der Waals surface area contributed by atoms with Crippen molar-refractivity contribution >= 4 is 17.5 Å². The van der Waals surface area contributed by atoms with Gasteiger partial charge in [0.25, 0.3) is 5.91 Å². The quantitative estimate of drug-likeness (QED) is 0.772. The molecular formula is C17H21FN6O. The molecule has 0 saturated carbocycles. The number of nitrogens with one attached hydrogen (secondary N) is 1. The van der Waals surface area contributed by atoms with E-state index in [0.29, 0.717) is 11.2 Å². The van der Waals surface area contributed by atoms with Gasteiger partial charge in [-0.3, -0.25) is 14.5 Å². The second kappa shape index (κ2) is 7.33. The molecule has 0 atom stereocenters. The van der Waals surface area contributed by atoms with Gasteiger partial charge in [-0.15, -0.1) is 10.2 Å². The first-order valence-electron chi connectivity index (χ1n) is 8.27. The third-order valence-corrected chi connectivity index (χ3v) is 3.72. The van der Waals surface area contributed by atoms with Crippen molar-refractivity contribution in [2.45, 2.75) is 39.5 Å². The normalized spacial score (nSPS) is 12.4. The summed E-state index contributed by atoms with van der Waals surface area (Å²) in [5.74, 6) is -0.903. The van der Waals surface area contributed by atoms with Crippen molar-refractivity contribution in [3.63, 3.8) is 0 Å². The molecule has 0 aromatic carbocycles. The predicted octanol–water partition coefficient (Wildman–Crippen LogP) is 3.06. The number of aryl methyl sites for hydroxylation is 2. The van der Waals surface area contributed by atoms with Gasteiger partial charge in [-0.25, -0.2) is 14.4 Å². The lowest BCUT2D eigenvalue weighted by Crippen LogP contribution is -2.16. The fraction of sp³-hybridized carbons (Fsp3) is 0.353. The molecule has 4 rings (SSSR count). The second-order valence-corrected chi connectivity index (χ2v) is 5.79. The van der Waals surface area contributed by atoms with Crippen molar-refractivity contribution < 1.29 is 10.6 Å². The highest BCUT2D eigenvalue weighted by molar-refractivity contribution is 6.07. The summed E-state index contributed by atoms with van der Waals surface area (Å²) < 4.78 is 14.7. The number of amides is 1. The minimum absolute atomic E-state index is 0. The van der Waals surface area contributed by atoms with Crippen molar-refractivity contribution in [1.29, 1.82) is 0 Å². The average molecular weight is 344 g/mol. The van der Waals surface area contributed by atoms with Crippen molar-refractivity contribution in [1.82, 2.24) is 24.6 Å². The van der Waals surface area contributed by atoms with Crippen molar-refractivity contribution in [3.05, 3.63) is 47.4 Å². The van der Waals surface area contributed by atoms with Gasteiger partial charge in [0.2, 0.25) is 5.95 Å². The summed E-state index contributed by atoms with van der Waals surface area (Å²) >= 11 is 0. The molecule has 1 N–H and O–H groups in total. The summed E-state index contributed by atoms with van der Waals surface area (Å²) in [6.07, 6.45) is 7.79. The maximum atomic E-state index is 12.8. The molecule has 0 fully saturated rings. The molecule has 0 unspecified atom stereocenters. The minimum Gasteiger partial charge on any atom is -0.290 e. The van der Waals surface area contributed by atoms with Crippen LogP contribution in [0.2, 0.25) is 0 Å². The zero-order valence-electron chi connectivity index (χ0n) is 14.2. The minimum atomic E-state index is -0.560. The SMILES string of the molecule is CCC.O=C(Nc1ncc(F)cn1)c1cc2c(n3cnnc13)CCC2.[HH]. The maximum absolute atomic E-state index is 12.8. The number of fused-ring (bicyclic) bond motifs is 3. The highest BCUT2D eigenvalue weighted by atomic mass is 19.1. The Morgan fingerprint density at radius 3 is 2.76 bits per heavy atom. The van der Waals surface area contributed by atoms with Gasteiger partial charge in [0.1, 0.15) is 6.33 Å². The van der Waals surface area contributed by atoms with Crippen molar-refractivity contribution in [2.75, 3.05) is 5.32 Å². The Labute approximate surface area is 145 Å². The first-order chi connectivity index (χ1) is 12.1. The Morgan fingerprint density at radius 1 is 1.32 bits per heavy atom. The van der Waals surface area contributed by atoms with Gasteiger partial charge in [-0.1, -0.05) is 20.3 Å². The third-order valence-electron chi connectivity index (χ3n) is 3.72. The number of nitrogens with zero attached hydrogens (tertiary/aromatic N) is 5. The molecule has 1 aliphatic rings. The molecule has 0 radical (unpaired) electrons. The van der Waals surface area contributed by atoms with Gasteiger partial charge in [0.05, 0.1) is 18.0 Å². The lowest BCUT2D eigenvalue weighted by atomic mass is 10.1. The highest BCUT2D eigenvalue weighted by Gasteiger charge is 2.21. The van der Waals surface area contributed by atoms with Crippen LogP contribution in [0.15, 0.2) is 24.8 Å². The Balaban J connectivity index is 0.000000570. The average Bonchev–Trinajstić information content (AvgIpc) is 3.24. The Bertz CT molecular complexity index is 896. The zero-order valence-corrected chi connectivity index (χ0v) is 14.2. The Morgan fingerprint density at radius 2 is 2.04 bits per heavy atom. The predicted molar refractivity (Wildman–Crippen MR) is 93.0 cm³/mol. The van der Waals surface area contributed by atoms with Gasteiger partial charge < -0.3 is 0 Å². The summed E-state index contributed by atoms with van der Waals surface area (Å²) in [5.41, 5.74) is 3.18. The standard InChI is InChI=1S/C14H11FN6O.C3H8.H2/c15-9-5-16-14(17-6-9)19-13(22)10-4-8-2-1-3-11(8)21-7-18-20-12(10)21;1-3-2;/h4-7H,1-3H2,(H,16,17,19,22);3H2,1-2H3;1H. The fourth-order valence-corrected chi connectivity index (χ4v) is 2.75. The number of aromatic nitrogens is 5. The van der Waals surface area contributed by atoms with Crippen LogP contribution in [0.4, 0.5) is 10.3 Å². The van der Waals surface area contributed by atoms with E-state index < -0.39 is 5.82 Å². The molecule has 1 aliphatic carbocycles. The van der Waals surface area contributed by atoms with E-state index in [0.717, 1.165) is 42.9 Å². The van der Waals surface area contributed by atoms with Crippen LogP contribution in [0.1, 0.15) is 49.7 Å². The summed E-state index contributed by atoms with van der Waals surface area (Å²) in [7, 11) is 0. The van der Waals surface area contributed by atoms with Gasteiger partial charge in [0, 0.05) is 7.12 Å². The first kappa shape index (κ1) is 16.9. The number of pyridine rings is 1. The summed E-state index contributed by atoms with van der Waals surface area (Å²) in [4.78, 5) is 19.9. The van der Waals surface area contributed by atoms with E-state index in [1.807, 2.05) is 10.5 Å². The van der Waals surface area contributed by atoms with Crippen molar-refractivity contribution in [2.24, 2.45) is 0 Å². The molecule has 8 heteroatoms.